The average Bonchev–Trinajstić information content (AvgIpc) is 3.57. The van der Waals surface area contributed by atoms with Gasteiger partial charge in [0.2, 0.25) is 0 Å². The van der Waals surface area contributed by atoms with Crippen LogP contribution in [0.3, 0.4) is 0 Å². The normalized spacial score (nSPS) is 19.5. The van der Waals surface area contributed by atoms with Crippen molar-refractivity contribution in [2.24, 2.45) is 0 Å². The number of aryl methyl sites for hydroxylation is 1. The molecule has 2 nitrogen and oxygen atoms in total. The zero-order valence-corrected chi connectivity index (χ0v) is 41.9. The lowest BCUT2D eigenvalue weighted by Gasteiger charge is -2.47. The molecule has 4 aliphatic rings. The topological polar surface area (TPSA) is 6.48 Å². The molecule has 0 N–H and O–H groups in total. The molecule has 0 bridgehead atoms. The van der Waals surface area contributed by atoms with Gasteiger partial charge in [0.05, 0.1) is 5.00 Å². The zero-order valence-electron chi connectivity index (χ0n) is 41.1. The summed E-state index contributed by atoms with van der Waals surface area (Å²) in [6.07, 6.45) is 4.81. The molecule has 0 atom stereocenters. The second-order valence-corrected chi connectivity index (χ2v) is 26.3. The average molecular weight is 829 g/mol. The summed E-state index contributed by atoms with van der Waals surface area (Å²) >= 11 is 2.11. The second-order valence-electron chi connectivity index (χ2n) is 25.3. The summed E-state index contributed by atoms with van der Waals surface area (Å²) in [6, 6.07) is 27.6. The highest BCUT2D eigenvalue weighted by molar-refractivity contribution is 7.20. The first-order valence-electron chi connectivity index (χ1n) is 23.4. The number of benzene rings is 4. The van der Waals surface area contributed by atoms with E-state index in [1.54, 1.807) is 15.9 Å². The number of anilines is 6. The predicted molar refractivity (Wildman–Crippen MR) is 270 cm³/mol. The largest absolute Gasteiger partial charge is 0.311 e. The van der Waals surface area contributed by atoms with Gasteiger partial charge in [0.15, 0.2) is 0 Å². The molecule has 0 unspecified atom stereocenters. The molecule has 5 aromatic rings. The van der Waals surface area contributed by atoms with Gasteiger partial charge in [-0.3, -0.25) is 0 Å². The molecule has 0 saturated carbocycles. The van der Waals surface area contributed by atoms with Crippen molar-refractivity contribution in [3.05, 3.63) is 111 Å². The fourth-order valence-corrected chi connectivity index (χ4v) is 13.0. The number of rotatable bonds is 2. The van der Waals surface area contributed by atoms with Crippen molar-refractivity contribution >= 4 is 67.9 Å². The van der Waals surface area contributed by atoms with E-state index >= 15 is 0 Å². The molecule has 2 aliphatic heterocycles. The van der Waals surface area contributed by atoms with Gasteiger partial charge in [-0.25, -0.2) is 0 Å². The van der Waals surface area contributed by atoms with Crippen molar-refractivity contribution in [2.75, 3.05) is 9.80 Å². The summed E-state index contributed by atoms with van der Waals surface area (Å²) in [5.41, 5.74) is 21.5. The van der Waals surface area contributed by atoms with Gasteiger partial charge in [-0.15, -0.1) is 11.3 Å². The highest BCUT2D eigenvalue weighted by Crippen LogP contribution is 2.56. The summed E-state index contributed by atoms with van der Waals surface area (Å²) in [7, 11) is 0. The molecule has 0 fully saturated rings. The van der Waals surface area contributed by atoms with Crippen LogP contribution in [0.15, 0.2) is 66.7 Å². The van der Waals surface area contributed by atoms with Gasteiger partial charge in [0.25, 0.3) is 6.71 Å². The van der Waals surface area contributed by atoms with Gasteiger partial charge in [0, 0.05) is 33.3 Å². The van der Waals surface area contributed by atoms with Gasteiger partial charge in [-0.1, -0.05) is 148 Å². The quantitative estimate of drug-likeness (QED) is 0.160. The molecule has 4 aromatic carbocycles. The molecule has 4 heteroatoms. The van der Waals surface area contributed by atoms with Crippen molar-refractivity contribution in [2.45, 2.75) is 188 Å². The maximum Gasteiger partial charge on any atom is 0.253 e. The Morgan fingerprint density at radius 2 is 1.02 bits per heavy atom. The van der Waals surface area contributed by atoms with E-state index in [-0.39, 0.29) is 44.6 Å². The number of fused-ring (bicyclic) bond motifs is 7. The maximum atomic E-state index is 2.76. The van der Waals surface area contributed by atoms with Crippen molar-refractivity contribution in [3.63, 3.8) is 0 Å². The maximum absolute atomic E-state index is 2.76. The van der Waals surface area contributed by atoms with Crippen LogP contribution in [0.4, 0.5) is 33.4 Å². The standard InChI is InChI=1S/C57H73BN2S/c1-34-29-35(51(2,3)4)20-24-42(34)60-43-30-36(52(5,6)7)19-23-41(43)58-47-44(31-37(32-45(47)60)53(8,9)10)59(38-21-22-39-40(33-38)55(13,14)26-25-54(39,11)12)50-48(58)46-49(61-50)57(17,18)28-27-56(46,15)16/h19-24,29-33H,25-28H2,1-18H3. The number of hydrogen-bond acceptors (Lipinski definition) is 3. The van der Waals surface area contributed by atoms with Gasteiger partial charge in [0.1, 0.15) is 0 Å². The van der Waals surface area contributed by atoms with E-state index in [2.05, 4.69) is 212 Å². The van der Waals surface area contributed by atoms with Gasteiger partial charge in [-0.05, 0) is 162 Å². The first-order valence-corrected chi connectivity index (χ1v) is 24.2. The fraction of sp³-hybridized carbons (Fsp3) is 0.509. The van der Waals surface area contributed by atoms with Crippen LogP contribution in [-0.4, -0.2) is 6.71 Å². The molecule has 2 aliphatic carbocycles. The summed E-state index contributed by atoms with van der Waals surface area (Å²) < 4.78 is 0. The molecule has 61 heavy (non-hydrogen) atoms. The Balaban J connectivity index is 1.45. The van der Waals surface area contributed by atoms with Crippen LogP contribution in [0.1, 0.15) is 187 Å². The molecule has 0 amide bonds. The van der Waals surface area contributed by atoms with E-state index < -0.39 is 0 Å². The Labute approximate surface area is 374 Å². The van der Waals surface area contributed by atoms with Gasteiger partial charge >= 0.3 is 0 Å². The van der Waals surface area contributed by atoms with Gasteiger partial charge < -0.3 is 9.80 Å². The van der Waals surface area contributed by atoms with Crippen LogP contribution in [-0.2, 0) is 37.9 Å². The fourth-order valence-electron chi connectivity index (χ4n) is 11.3. The van der Waals surface area contributed by atoms with E-state index in [4.69, 9.17) is 0 Å². The Kier molecular flexibility index (Phi) is 9.17. The summed E-state index contributed by atoms with van der Waals surface area (Å²) in [5.74, 6) is 0. The third-order valence-corrected chi connectivity index (χ3v) is 17.3. The minimum absolute atomic E-state index is 0.00140. The Morgan fingerprint density at radius 3 is 1.62 bits per heavy atom. The van der Waals surface area contributed by atoms with E-state index in [9.17, 15) is 0 Å². The van der Waals surface area contributed by atoms with Crippen molar-refractivity contribution in [3.8, 4) is 0 Å². The van der Waals surface area contributed by atoms with Crippen LogP contribution >= 0.6 is 11.3 Å². The third-order valence-electron chi connectivity index (χ3n) is 15.7. The Hall–Kier alpha value is -3.76. The number of thiophene rings is 1. The lowest BCUT2D eigenvalue weighted by molar-refractivity contribution is 0.332. The third kappa shape index (κ3) is 6.53. The van der Waals surface area contributed by atoms with E-state index in [0.29, 0.717) is 0 Å². The van der Waals surface area contributed by atoms with Crippen LogP contribution < -0.4 is 26.2 Å². The zero-order chi connectivity index (χ0) is 44.4. The first kappa shape index (κ1) is 42.5. The number of nitrogens with zero attached hydrogens (tertiary/aromatic N) is 2. The van der Waals surface area contributed by atoms with Crippen molar-refractivity contribution < 1.29 is 0 Å². The van der Waals surface area contributed by atoms with Crippen molar-refractivity contribution in [1.82, 2.24) is 0 Å². The van der Waals surface area contributed by atoms with Crippen molar-refractivity contribution in [1.29, 1.82) is 0 Å². The molecule has 0 radical (unpaired) electrons. The lowest BCUT2D eigenvalue weighted by atomic mass is 9.32. The van der Waals surface area contributed by atoms with E-state index in [1.165, 1.54) is 103 Å². The molecule has 9 rings (SSSR count). The van der Waals surface area contributed by atoms with Crippen LogP contribution in [0.5, 0.6) is 0 Å². The predicted octanol–water partition coefficient (Wildman–Crippen LogP) is 14.7. The summed E-state index contributed by atoms with van der Waals surface area (Å²) in [4.78, 5) is 7.04. The highest BCUT2D eigenvalue weighted by atomic mass is 32.1. The molecule has 320 valence electrons. The lowest BCUT2D eigenvalue weighted by Crippen LogP contribution is -2.62. The molecule has 0 saturated heterocycles. The Morgan fingerprint density at radius 1 is 0.492 bits per heavy atom. The molecule has 1 aromatic heterocycles. The monoisotopic (exact) mass is 829 g/mol. The van der Waals surface area contributed by atoms with Crippen LogP contribution in [0.25, 0.3) is 0 Å². The number of hydrogen-bond donors (Lipinski definition) is 0. The first-order chi connectivity index (χ1) is 28.0. The van der Waals surface area contributed by atoms with Gasteiger partial charge in [-0.2, -0.15) is 0 Å². The van der Waals surface area contributed by atoms with E-state index in [1.807, 2.05) is 0 Å². The van der Waals surface area contributed by atoms with Crippen LogP contribution in [0.2, 0.25) is 0 Å². The minimum Gasteiger partial charge on any atom is -0.311 e. The smallest absolute Gasteiger partial charge is 0.253 e. The van der Waals surface area contributed by atoms with Crippen LogP contribution in [0, 0.1) is 6.92 Å². The molecular weight excluding hydrogens is 756 g/mol. The highest BCUT2D eigenvalue weighted by Gasteiger charge is 2.52. The SMILES string of the molecule is Cc1cc(C(C)(C)C)ccc1N1c2cc(C(C)(C)C)ccc2B2c3c1cc(C(C)(C)C)cc3N(c1ccc3c(c1)C(C)(C)CCC3(C)C)c1sc3c(c12)C(C)(C)CCC3(C)C. The summed E-state index contributed by atoms with van der Waals surface area (Å²) in [5, 5.41) is 1.43. The molecule has 3 heterocycles. The Bertz CT molecular complexity index is 2630. The van der Waals surface area contributed by atoms with E-state index in [0.717, 1.165) is 0 Å². The molecule has 0 spiro atoms. The minimum atomic E-state index is -0.0716. The summed E-state index contributed by atoms with van der Waals surface area (Å²) in [6.45, 7) is 43.7. The molecular formula is C57H73BN2S. The second kappa shape index (κ2) is 13.2.